The third-order valence-corrected chi connectivity index (χ3v) is 3.30. The van der Waals surface area contributed by atoms with Gasteiger partial charge in [-0.1, -0.05) is 28.1 Å². The first-order valence-corrected chi connectivity index (χ1v) is 6.22. The van der Waals surface area contributed by atoms with Gasteiger partial charge >= 0.3 is 0 Å². The molecule has 2 nitrogen and oxygen atoms in total. The molecule has 0 spiro atoms. The Morgan fingerprint density at radius 1 is 1.12 bits per heavy atom. The predicted octanol–water partition coefficient (Wildman–Crippen LogP) is 4.08. The second kappa shape index (κ2) is 5.23. The topological polar surface area (TPSA) is 32.3 Å². The molecule has 0 amide bonds. The molecule has 0 unspecified atom stereocenters. The zero-order valence-electron chi connectivity index (χ0n) is 9.57. The standard InChI is InChI=1S/C14H14BrNO/c1-10-2-3-11(14(15)8-10)9-16-12-4-6-13(17)7-5-12/h2-8,16-17H,9H2,1H3. The lowest BCUT2D eigenvalue weighted by Crippen LogP contribution is -2.00. The number of phenolic OH excluding ortho intramolecular Hbond substituents is 1. The van der Waals surface area contributed by atoms with Crippen molar-refractivity contribution in [3.8, 4) is 5.75 Å². The van der Waals surface area contributed by atoms with E-state index in [2.05, 4.69) is 46.4 Å². The molecule has 0 atom stereocenters. The van der Waals surface area contributed by atoms with Crippen LogP contribution >= 0.6 is 15.9 Å². The van der Waals surface area contributed by atoms with Crippen LogP contribution in [0.1, 0.15) is 11.1 Å². The minimum Gasteiger partial charge on any atom is -0.508 e. The molecule has 0 aliphatic carbocycles. The van der Waals surface area contributed by atoms with E-state index in [1.165, 1.54) is 11.1 Å². The molecular formula is C14H14BrNO. The number of anilines is 1. The van der Waals surface area contributed by atoms with Gasteiger partial charge in [0.2, 0.25) is 0 Å². The lowest BCUT2D eigenvalue weighted by molar-refractivity contribution is 0.475. The van der Waals surface area contributed by atoms with Crippen molar-refractivity contribution >= 4 is 21.6 Å². The van der Waals surface area contributed by atoms with Crippen LogP contribution in [0.3, 0.4) is 0 Å². The van der Waals surface area contributed by atoms with E-state index in [0.29, 0.717) is 0 Å². The summed E-state index contributed by atoms with van der Waals surface area (Å²) in [6, 6.07) is 13.4. The van der Waals surface area contributed by atoms with Gasteiger partial charge in [0.05, 0.1) is 0 Å². The summed E-state index contributed by atoms with van der Waals surface area (Å²) in [6.45, 7) is 2.83. The van der Waals surface area contributed by atoms with E-state index in [1.54, 1.807) is 12.1 Å². The van der Waals surface area contributed by atoms with Crippen molar-refractivity contribution in [2.75, 3.05) is 5.32 Å². The number of hydrogen-bond acceptors (Lipinski definition) is 2. The van der Waals surface area contributed by atoms with Gasteiger partial charge in [0.25, 0.3) is 0 Å². The second-order valence-corrected chi connectivity index (χ2v) is 4.85. The second-order valence-electron chi connectivity index (χ2n) is 4.00. The molecular weight excluding hydrogens is 278 g/mol. The monoisotopic (exact) mass is 291 g/mol. The van der Waals surface area contributed by atoms with Crippen molar-refractivity contribution < 1.29 is 5.11 Å². The zero-order valence-corrected chi connectivity index (χ0v) is 11.2. The van der Waals surface area contributed by atoms with Gasteiger partial charge in [-0.25, -0.2) is 0 Å². The van der Waals surface area contributed by atoms with E-state index in [0.717, 1.165) is 16.7 Å². The van der Waals surface area contributed by atoms with Gasteiger partial charge in [-0.15, -0.1) is 0 Å². The Labute approximate surface area is 109 Å². The van der Waals surface area contributed by atoms with E-state index in [-0.39, 0.29) is 5.75 Å². The average Bonchev–Trinajstić information content (AvgIpc) is 2.30. The minimum atomic E-state index is 0.284. The van der Waals surface area contributed by atoms with Gasteiger partial charge in [0.1, 0.15) is 5.75 Å². The summed E-state index contributed by atoms with van der Waals surface area (Å²) < 4.78 is 1.11. The van der Waals surface area contributed by atoms with Crippen molar-refractivity contribution in [1.29, 1.82) is 0 Å². The van der Waals surface area contributed by atoms with Crippen molar-refractivity contribution in [3.63, 3.8) is 0 Å². The lowest BCUT2D eigenvalue weighted by Gasteiger charge is -2.09. The molecule has 0 aliphatic heterocycles. The smallest absolute Gasteiger partial charge is 0.115 e. The molecule has 0 saturated carbocycles. The highest BCUT2D eigenvalue weighted by Crippen LogP contribution is 2.20. The summed E-state index contributed by atoms with van der Waals surface area (Å²) >= 11 is 3.55. The zero-order chi connectivity index (χ0) is 12.3. The van der Waals surface area contributed by atoms with E-state index in [4.69, 9.17) is 0 Å². The third kappa shape index (κ3) is 3.24. The number of aromatic hydroxyl groups is 1. The Morgan fingerprint density at radius 3 is 2.47 bits per heavy atom. The summed E-state index contributed by atoms with van der Waals surface area (Å²) in [7, 11) is 0. The highest BCUT2D eigenvalue weighted by molar-refractivity contribution is 9.10. The van der Waals surface area contributed by atoms with Crippen LogP contribution in [0.5, 0.6) is 5.75 Å². The molecule has 0 aromatic heterocycles. The van der Waals surface area contributed by atoms with Gasteiger partial charge in [0, 0.05) is 16.7 Å². The fourth-order valence-corrected chi connectivity index (χ4v) is 2.21. The summed E-state index contributed by atoms with van der Waals surface area (Å²) in [5.74, 6) is 0.284. The molecule has 2 aromatic rings. The fraction of sp³-hybridized carbons (Fsp3) is 0.143. The number of hydrogen-bond donors (Lipinski definition) is 2. The summed E-state index contributed by atoms with van der Waals surface area (Å²) in [6.07, 6.45) is 0. The van der Waals surface area contributed by atoms with Crippen molar-refractivity contribution in [2.24, 2.45) is 0 Å². The molecule has 2 aromatic carbocycles. The first-order chi connectivity index (χ1) is 8.15. The van der Waals surface area contributed by atoms with Gasteiger partial charge in [-0.2, -0.15) is 0 Å². The fourth-order valence-electron chi connectivity index (χ4n) is 1.57. The molecule has 3 heteroatoms. The van der Waals surface area contributed by atoms with Crippen LogP contribution in [0.15, 0.2) is 46.9 Å². The Bertz CT molecular complexity index is 508. The number of nitrogens with one attached hydrogen (secondary N) is 1. The number of benzene rings is 2. The normalized spacial score (nSPS) is 10.2. The summed E-state index contributed by atoms with van der Waals surface area (Å²) in [5.41, 5.74) is 3.45. The molecule has 0 bridgehead atoms. The molecule has 0 radical (unpaired) electrons. The SMILES string of the molecule is Cc1ccc(CNc2ccc(O)cc2)c(Br)c1. The van der Waals surface area contributed by atoms with E-state index in [1.807, 2.05) is 12.1 Å². The Morgan fingerprint density at radius 2 is 1.82 bits per heavy atom. The maximum atomic E-state index is 9.18. The molecule has 88 valence electrons. The Balaban J connectivity index is 2.04. The average molecular weight is 292 g/mol. The van der Waals surface area contributed by atoms with Crippen LogP contribution < -0.4 is 5.32 Å². The van der Waals surface area contributed by atoms with Crippen LogP contribution in [0.4, 0.5) is 5.69 Å². The van der Waals surface area contributed by atoms with E-state index < -0.39 is 0 Å². The van der Waals surface area contributed by atoms with Crippen LogP contribution in [0.25, 0.3) is 0 Å². The molecule has 0 heterocycles. The van der Waals surface area contributed by atoms with Gasteiger partial charge in [0.15, 0.2) is 0 Å². The first kappa shape index (κ1) is 12.0. The van der Waals surface area contributed by atoms with E-state index >= 15 is 0 Å². The molecule has 2 N–H and O–H groups in total. The van der Waals surface area contributed by atoms with Crippen LogP contribution in [0, 0.1) is 6.92 Å². The quantitative estimate of drug-likeness (QED) is 0.836. The van der Waals surface area contributed by atoms with Crippen LogP contribution in [-0.2, 0) is 6.54 Å². The highest BCUT2D eigenvalue weighted by Gasteiger charge is 2.00. The van der Waals surface area contributed by atoms with Gasteiger partial charge in [-0.05, 0) is 48.4 Å². The lowest BCUT2D eigenvalue weighted by atomic mass is 10.1. The Kier molecular flexibility index (Phi) is 3.69. The van der Waals surface area contributed by atoms with Crippen molar-refractivity contribution in [1.82, 2.24) is 0 Å². The maximum Gasteiger partial charge on any atom is 0.115 e. The minimum absolute atomic E-state index is 0.284. The van der Waals surface area contributed by atoms with E-state index in [9.17, 15) is 5.11 Å². The molecule has 0 aliphatic rings. The number of rotatable bonds is 3. The predicted molar refractivity (Wildman–Crippen MR) is 74.3 cm³/mol. The van der Waals surface area contributed by atoms with Crippen molar-refractivity contribution in [2.45, 2.75) is 13.5 Å². The van der Waals surface area contributed by atoms with Crippen LogP contribution in [-0.4, -0.2) is 5.11 Å². The first-order valence-electron chi connectivity index (χ1n) is 5.43. The molecule has 0 saturated heterocycles. The summed E-state index contributed by atoms with van der Waals surface area (Å²) in [5, 5.41) is 12.5. The number of halogens is 1. The molecule has 17 heavy (non-hydrogen) atoms. The maximum absolute atomic E-state index is 9.18. The van der Waals surface area contributed by atoms with Gasteiger partial charge in [-0.3, -0.25) is 0 Å². The molecule has 2 rings (SSSR count). The largest absolute Gasteiger partial charge is 0.508 e. The molecule has 0 fully saturated rings. The highest BCUT2D eigenvalue weighted by atomic mass is 79.9. The number of phenols is 1. The van der Waals surface area contributed by atoms with Gasteiger partial charge < -0.3 is 10.4 Å². The van der Waals surface area contributed by atoms with Crippen LogP contribution in [0.2, 0.25) is 0 Å². The third-order valence-electron chi connectivity index (χ3n) is 2.56. The Hall–Kier alpha value is -1.48. The summed E-state index contributed by atoms with van der Waals surface area (Å²) in [4.78, 5) is 0. The number of aryl methyl sites for hydroxylation is 1. The van der Waals surface area contributed by atoms with Crippen molar-refractivity contribution in [3.05, 3.63) is 58.1 Å².